The van der Waals surface area contributed by atoms with Gasteiger partial charge in [0.15, 0.2) is 0 Å². The second-order valence-electron chi connectivity index (χ2n) is 6.78. The van der Waals surface area contributed by atoms with Crippen LogP contribution in [-0.2, 0) is 0 Å². The van der Waals surface area contributed by atoms with Gasteiger partial charge in [-0.15, -0.1) is 11.1 Å². The maximum atomic E-state index is 6.28. The fourth-order valence-electron chi connectivity index (χ4n) is 1.30. The SMILES string of the molecule is C[Si](C)(C)C#Cc1c(Cl)ccc(Cl)c1C#C[Si](C)(C)C. The second-order valence-corrected chi connectivity index (χ2v) is 17.1. The Kier molecular flexibility index (Phi) is 5.58. The van der Waals surface area contributed by atoms with Crippen molar-refractivity contribution in [3.8, 4) is 22.9 Å². The first kappa shape index (κ1) is 17.4. The van der Waals surface area contributed by atoms with Crippen LogP contribution in [0, 0.1) is 22.9 Å². The van der Waals surface area contributed by atoms with Crippen LogP contribution in [-0.4, -0.2) is 16.1 Å². The molecule has 0 atom stereocenters. The van der Waals surface area contributed by atoms with E-state index < -0.39 is 16.1 Å². The molecular formula is C16H20Cl2Si2. The molecule has 0 N–H and O–H groups in total. The average Bonchev–Trinajstić information content (AvgIpc) is 2.26. The molecule has 0 aliphatic rings. The van der Waals surface area contributed by atoms with Crippen molar-refractivity contribution in [2.45, 2.75) is 39.3 Å². The Morgan fingerprint density at radius 1 is 0.700 bits per heavy atom. The summed E-state index contributed by atoms with van der Waals surface area (Å²) in [5.41, 5.74) is 8.21. The van der Waals surface area contributed by atoms with Gasteiger partial charge >= 0.3 is 0 Å². The minimum Gasteiger partial charge on any atom is -0.127 e. The summed E-state index contributed by atoms with van der Waals surface area (Å²) in [5.74, 6) is 6.41. The lowest BCUT2D eigenvalue weighted by molar-refractivity contribution is 1.58. The highest BCUT2D eigenvalue weighted by atomic mass is 35.5. The van der Waals surface area contributed by atoms with Gasteiger partial charge in [0.05, 0.1) is 21.2 Å². The van der Waals surface area contributed by atoms with Gasteiger partial charge in [0.25, 0.3) is 0 Å². The zero-order valence-corrected chi connectivity index (χ0v) is 16.4. The molecular weight excluding hydrogens is 319 g/mol. The van der Waals surface area contributed by atoms with Crippen LogP contribution in [0.3, 0.4) is 0 Å². The normalized spacial score (nSPS) is 11.2. The number of hydrogen-bond donors (Lipinski definition) is 0. The molecule has 0 saturated heterocycles. The lowest BCUT2D eigenvalue weighted by Gasteiger charge is -2.08. The molecule has 0 saturated carbocycles. The predicted octanol–water partition coefficient (Wildman–Crippen LogP) is 5.45. The Labute approximate surface area is 134 Å². The molecule has 20 heavy (non-hydrogen) atoms. The van der Waals surface area contributed by atoms with Crippen molar-refractivity contribution >= 4 is 39.3 Å². The first-order valence-electron chi connectivity index (χ1n) is 6.54. The van der Waals surface area contributed by atoms with Crippen molar-refractivity contribution in [2.24, 2.45) is 0 Å². The maximum Gasteiger partial charge on any atom is 0.129 e. The molecule has 1 aromatic carbocycles. The van der Waals surface area contributed by atoms with E-state index in [9.17, 15) is 0 Å². The summed E-state index contributed by atoms with van der Waals surface area (Å²) in [6.45, 7) is 13.2. The monoisotopic (exact) mass is 338 g/mol. The molecule has 0 spiro atoms. The highest BCUT2D eigenvalue weighted by molar-refractivity contribution is 6.84. The van der Waals surface area contributed by atoms with Gasteiger partial charge in [-0.3, -0.25) is 0 Å². The number of halogens is 2. The summed E-state index contributed by atoms with van der Waals surface area (Å²) in [4.78, 5) is 0. The zero-order valence-electron chi connectivity index (χ0n) is 12.9. The van der Waals surface area contributed by atoms with E-state index in [1.165, 1.54) is 0 Å². The molecule has 106 valence electrons. The Hall–Kier alpha value is -0.646. The molecule has 0 aliphatic heterocycles. The van der Waals surface area contributed by atoms with Crippen molar-refractivity contribution in [3.63, 3.8) is 0 Å². The lowest BCUT2D eigenvalue weighted by atomic mass is 10.1. The van der Waals surface area contributed by atoms with E-state index in [1.807, 2.05) is 0 Å². The summed E-state index contributed by atoms with van der Waals surface area (Å²) in [7, 11) is -2.93. The predicted molar refractivity (Wildman–Crippen MR) is 96.9 cm³/mol. The standard InChI is InChI=1S/C16H20Cl2Si2/c1-19(2,3)11-9-13-14(10-12-20(4,5)6)16(18)8-7-15(13)17/h7-8H,1-6H3. The molecule has 0 bridgehead atoms. The fraction of sp³-hybridized carbons (Fsp3) is 0.375. The lowest BCUT2D eigenvalue weighted by Crippen LogP contribution is -2.17. The molecule has 0 radical (unpaired) electrons. The molecule has 1 rings (SSSR count). The van der Waals surface area contributed by atoms with Gasteiger partial charge in [0.2, 0.25) is 0 Å². The topological polar surface area (TPSA) is 0 Å². The maximum absolute atomic E-state index is 6.28. The minimum atomic E-state index is -1.47. The van der Waals surface area contributed by atoms with E-state index in [-0.39, 0.29) is 0 Å². The van der Waals surface area contributed by atoms with Crippen LogP contribution in [0.5, 0.6) is 0 Å². The number of hydrogen-bond acceptors (Lipinski definition) is 0. The van der Waals surface area contributed by atoms with Gasteiger partial charge < -0.3 is 0 Å². The molecule has 0 nitrogen and oxygen atoms in total. The van der Waals surface area contributed by atoms with Crippen molar-refractivity contribution < 1.29 is 0 Å². The van der Waals surface area contributed by atoms with E-state index in [0.717, 1.165) is 11.1 Å². The summed E-state index contributed by atoms with van der Waals surface area (Å²) in [5, 5.41) is 1.25. The van der Waals surface area contributed by atoms with Crippen molar-refractivity contribution in [2.75, 3.05) is 0 Å². The largest absolute Gasteiger partial charge is 0.129 e. The van der Waals surface area contributed by atoms with Crippen LogP contribution in [0.25, 0.3) is 0 Å². The van der Waals surface area contributed by atoms with E-state index in [0.29, 0.717) is 10.0 Å². The van der Waals surface area contributed by atoms with Crippen LogP contribution in [0.15, 0.2) is 12.1 Å². The molecule has 0 heterocycles. The van der Waals surface area contributed by atoms with Crippen LogP contribution < -0.4 is 0 Å². The van der Waals surface area contributed by atoms with Gasteiger partial charge in [-0.05, 0) is 12.1 Å². The zero-order chi connectivity index (χ0) is 15.6. The number of benzene rings is 1. The minimum absolute atomic E-state index is 0.625. The Balaban J connectivity index is 3.45. The van der Waals surface area contributed by atoms with Gasteiger partial charge in [-0.25, -0.2) is 0 Å². The Morgan fingerprint density at radius 2 is 1.00 bits per heavy atom. The second kappa shape index (κ2) is 6.41. The first-order valence-corrected chi connectivity index (χ1v) is 14.3. The Bertz CT molecular complexity index is 570. The molecule has 1 aromatic rings. The van der Waals surface area contributed by atoms with Gasteiger partial charge in [-0.2, -0.15) is 0 Å². The van der Waals surface area contributed by atoms with Crippen molar-refractivity contribution in [1.29, 1.82) is 0 Å². The highest BCUT2D eigenvalue weighted by Gasteiger charge is 2.13. The quantitative estimate of drug-likeness (QED) is 0.435. The summed E-state index contributed by atoms with van der Waals surface area (Å²) in [6, 6.07) is 3.58. The third kappa shape index (κ3) is 5.77. The van der Waals surface area contributed by atoms with Crippen molar-refractivity contribution in [3.05, 3.63) is 33.3 Å². The fourth-order valence-corrected chi connectivity index (χ4v) is 2.71. The van der Waals surface area contributed by atoms with Gasteiger partial charge in [-0.1, -0.05) is 74.3 Å². The molecule has 0 unspecified atom stereocenters. The van der Waals surface area contributed by atoms with Crippen LogP contribution >= 0.6 is 23.2 Å². The van der Waals surface area contributed by atoms with E-state index in [1.54, 1.807) is 12.1 Å². The summed E-state index contributed by atoms with van der Waals surface area (Å²) >= 11 is 12.6. The third-order valence-corrected chi connectivity index (χ3v) is 4.61. The Morgan fingerprint density at radius 3 is 1.25 bits per heavy atom. The summed E-state index contributed by atoms with van der Waals surface area (Å²) in [6.07, 6.45) is 0. The van der Waals surface area contributed by atoms with E-state index in [4.69, 9.17) is 23.2 Å². The van der Waals surface area contributed by atoms with Crippen molar-refractivity contribution in [1.82, 2.24) is 0 Å². The van der Waals surface area contributed by atoms with E-state index in [2.05, 4.69) is 62.2 Å². The van der Waals surface area contributed by atoms with E-state index >= 15 is 0 Å². The molecule has 0 fully saturated rings. The first-order chi connectivity index (χ1) is 8.99. The van der Waals surface area contributed by atoms with Crippen LogP contribution in [0.4, 0.5) is 0 Å². The van der Waals surface area contributed by atoms with Crippen LogP contribution in [0.2, 0.25) is 49.3 Å². The van der Waals surface area contributed by atoms with Gasteiger partial charge in [0.1, 0.15) is 16.1 Å². The number of rotatable bonds is 0. The average molecular weight is 339 g/mol. The molecule has 0 amide bonds. The van der Waals surface area contributed by atoms with Crippen LogP contribution in [0.1, 0.15) is 11.1 Å². The highest BCUT2D eigenvalue weighted by Crippen LogP contribution is 2.26. The summed E-state index contributed by atoms with van der Waals surface area (Å²) < 4.78 is 0. The molecule has 0 aliphatic carbocycles. The van der Waals surface area contributed by atoms with Gasteiger partial charge in [0, 0.05) is 0 Å². The molecule has 0 aromatic heterocycles. The molecule has 4 heteroatoms. The smallest absolute Gasteiger partial charge is 0.127 e. The third-order valence-electron chi connectivity index (χ3n) is 2.23.